The summed E-state index contributed by atoms with van der Waals surface area (Å²) in [6, 6.07) is 13.2. The minimum Gasteiger partial charge on any atom is -0.449 e. The molecule has 0 bridgehead atoms. The van der Waals surface area contributed by atoms with Gasteiger partial charge in [-0.25, -0.2) is 4.79 Å². The van der Waals surface area contributed by atoms with Gasteiger partial charge in [-0.05, 0) is 55.3 Å². The van der Waals surface area contributed by atoms with Crippen molar-refractivity contribution in [3.05, 3.63) is 65.2 Å². The summed E-state index contributed by atoms with van der Waals surface area (Å²) < 4.78 is 5.18. The standard InChI is InChI=1S/C19H20N2O4/c1-3-13-4-6-15(7-5-13)19(24)25-12(2)18(23)21-16-10-8-14(9-11-16)17(20)22/h4-12H,3H2,1-2H3,(H2,20,22)(H,21,23)/t12-/m1/s1. The zero-order valence-corrected chi connectivity index (χ0v) is 14.1. The van der Waals surface area contributed by atoms with Crippen LogP contribution in [0.1, 0.15) is 40.1 Å². The van der Waals surface area contributed by atoms with Gasteiger partial charge in [0.1, 0.15) is 0 Å². The normalized spacial score (nSPS) is 11.4. The number of hydrogen-bond acceptors (Lipinski definition) is 4. The Balaban J connectivity index is 1.94. The van der Waals surface area contributed by atoms with E-state index in [1.165, 1.54) is 19.1 Å². The van der Waals surface area contributed by atoms with Gasteiger partial charge in [0.05, 0.1) is 5.56 Å². The minimum absolute atomic E-state index is 0.341. The summed E-state index contributed by atoms with van der Waals surface area (Å²) in [5, 5.41) is 2.61. The quantitative estimate of drug-likeness (QED) is 0.789. The van der Waals surface area contributed by atoms with Crippen LogP contribution in [-0.4, -0.2) is 23.9 Å². The number of anilines is 1. The molecule has 2 aromatic rings. The first-order valence-electron chi connectivity index (χ1n) is 7.91. The zero-order chi connectivity index (χ0) is 18.4. The molecule has 6 heteroatoms. The van der Waals surface area contributed by atoms with Crippen LogP contribution >= 0.6 is 0 Å². The second-order valence-electron chi connectivity index (χ2n) is 5.53. The molecule has 0 aliphatic rings. The summed E-state index contributed by atoms with van der Waals surface area (Å²) in [6.45, 7) is 3.52. The summed E-state index contributed by atoms with van der Waals surface area (Å²) >= 11 is 0. The highest BCUT2D eigenvalue weighted by Crippen LogP contribution is 2.12. The molecule has 1 atom stereocenters. The largest absolute Gasteiger partial charge is 0.449 e. The van der Waals surface area contributed by atoms with Crippen LogP contribution in [0.5, 0.6) is 0 Å². The zero-order valence-electron chi connectivity index (χ0n) is 14.1. The molecule has 0 saturated heterocycles. The van der Waals surface area contributed by atoms with Gasteiger partial charge >= 0.3 is 5.97 Å². The third-order valence-corrected chi connectivity index (χ3v) is 3.69. The molecule has 0 unspecified atom stereocenters. The van der Waals surface area contributed by atoms with Gasteiger partial charge in [-0.2, -0.15) is 0 Å². The SMILES string of the molecule is CCc1ccc(C(=O)O[C@H](C)C(=O)Nc2ccc(C(N)=O)cc2)cc1. The number of esters is 1. The molecule has 0 fully saturated rings. The molecule has 0 radical (unpaired) electrons. The van der Waals surface area contributed by atoms with E-state index in [0.717, 1.165) is 12.0 Å². The highest BCUT2D eigenvalue weighted by molar-refractivity contribution is 5.98. The average Bonchev–Trinajstić information content (AvgIpc) is 2.62. The van der Waals surface area contributed by atoms with Gasteiger partial charge < -0.3 is 15.8 Å². The fraction of sp³-hybridized carbons (Fsp3) is 0.211. The Hall–Kier alpha value is -3.15. The van der Waals surface area contributed by atoms with Crippen LogP contribution in [0.2, 0.25) is 0 Å². The molecule has 3 N–H and O–H groups in total. The van der Waals surface area contributed by atoms with E-state index < -0.39 is 23.9 Å². The maximum atomic E-state index is 12.1. The number of rotatable bonds is 6. The molecule has 0 spiro atoms. The van der Waals surface area contributed by atoms with E-state index in [9.17, 15) is 14.4 Å². The third kappa shape index (κ3) is 4.91. The molecule has 0 aliphatic heterocycles. The van der Waals surface area contributed by atoms with E-state index in [-0.39, 0.29) is 0 Å². The Morgan fingerprint density at radius 3 is 2.08 bits per heavy atom. The number of amides is 2. The van der Waals surface area contributed by atoms with Crippen LogP contribution in [0.3, 0.4) is 0 Å². The molecular formula is C19H20N2O4. The predicted octanol–water partition coefficient (Wildman–Crippen LogP) is 2.53. The highest BCUT2D eigenvalue weighted by Gasteiger charge is 2.19. The molecular weight excluding hydrogens is 320 g/mol. The van der Waals surface area contributed by atoms with E-state index in [0.29, 0.717) is 16.8 Å². The number of aryl methyl sites for hydroxylation is 1. The van der Waals surface area contributed by atoms with Crippen molar-refractivity contribution in [2.24, 2.45) is 5.73 Å². The Morgan fingerprint density at radius 2 is 1.56 bits per heavy atom. The van der Waals surface area contributed by atoms with Gasteiger partial charge in [0, 0.05) is 11.3 Å². The molecule has 25 heavy (non-hydrogen) atoms. The molecule has 0 heterocycles. The Bertz CT molecular complexity index is 767. The minimum atomic E-state index is -0.964. The smallest absolute Gasteiger partial charge is 0.338 e. The topological polar surface area (TPSA) is 98.5 Å². The van der Waals surface area contributed by atoms with E-state index in [2.05, 4.69) is 5.32 Å². The number of primary amides is 1. The fourth-order valence-corrected chi connectivity index (χ4v) is 2.12. The molecule has 2 amide bonds. The predicted molar refractivity (Wildman–Crippen MR) is 94.3 cm³/mol. The van der Waals surface area contributed by atoms with E-state index >= 15 is 0 Å². The Morgan fingerprint density at radius 1 is 1.00 bits per heavy atom. The van der Waals surface area contributed by atoms with Crippen LogP contribution in [0.15, 0.2) is 48.5 Å². The van der Waals surface area contributed by atoms with Gasteiger partial charge in [0.25, 0.3) is 5.91 Å². The summed E-state index contributed by atoms with van der Waals surface area (Å²) in [4.78, 5) is 35.2. The Labute approximate surface area is 146 Å². The highest BCUT2D eigenvalue weighted by atomic mass is 16.5. The van der Waals surface area contributed by atoms with Gasteiger partial charge in [0.2, 0.25) is 5.91 Å². The monoisotopic (exact) mass is 340 g/mol. The van der Waals surface area contributed by atoms with Gasteiger partial charge in [-0.1, -0.05) is 19.1 Å². The lowest BCUT2D eigenvalue weighted by atomic mass is 10.1. The third-order valence-electron chi connectivity index (χ3n) is 3.69. The van der Waals surface area contributed by atoms with Crippen LogP contribution < -0.4 is 11.1 Å². The van der Waals surface area contributed by atoms with Crippen LogP contribution in [0, 0.1) is 0 Å². The summed E-state index contributed by atoms with van der Waals surface area (Å²) in [5.41, 5.74) is 7.48. The maximum Gasteiger partial charge on any atom is 0.338 e. The number of hydrogen-bond donors (Lipinski definition) is 2. The first kappa shape index (κ1) is 18.2. The summed E-state index contributed by atoms with van der Waals surface area (Å²) in [6.07, 6.45) is -0.0861. The lowest BCUT2D eigenvalue weighted by Gasteiger charge is -2.14. The van der Waals surface area contributed by atoms with E-state index in [1.54, 1.807) is 24.3 Å². The molecule has 130 valence electrons. The van der Waals surface area contributed by atoms with Crippen molar-refractivity contribution >= 4 is 23.5 Å². The second-order valence-corrected chi connectivity index (χ2v) is 5.53. The van der Waals surface area contributed by atoms with Crippen molar-refractivity contribution in [3.8, 4) is 0 Å². The number of nitrogens with one attached hydrogen (secondary N) is 1. The van der Waals surface area contributed by atoms with Gasteiger partial charge in [0.15, 0.2) is 6.10 Å². The molecule has 0 saturated carbocycles. The number of ether oxygens (including phenoxy) is 1. The van der Waals surface area contributed by atoms with Crippen molar-refractivity contribution in [2.75, 3.05) is 5.32 Å². The number of nitrogens with two attached hydrogens (primary N) is 1. The van der Waals surface area contributed by atoms with Gasteiger partial charge in [-0.15, -0.1) is 0 Å². The first-order chi connectivity index (χ1) is 11.9. The van der Waals surface area contributed by atoms with Crippen molar-refractivity contribution in [1.29, 1.82) is 0 Å². The van der Waals surface area contributed by atoms with Crippen LogP contribution in [0.25, 0.3) is 0 Å². The molecule has 6 nitrogen and oxygen atoms in total. The summed E-state index contributed by atoms with van der Waals surface area (Å²) in [7, 11) is 0. The number of carbonyl (C=O) groups is 3. The van der Waals surface area contributed by atoms with Crippen molar-refractivity contribution < 1.29 is 19.1 Å². The second kappa shape index (κ2) is 8.10. The summed E-state index contributed by atoms with van der Waals surface area (Å²) in [5.74, 6) is -1.58. The van der Waals surface area contributed by atoms with Crippen molar-refractivity contribution in [2.45, 2.75) is 26.4 Å². The van der Waals surface area contributed by atoms with Crippen LogP contribution in [0.4, 0.5) is 5.69 Å². The fourth-order valence-electron chi connectivity index (χ4n) is 2.12. The maximum absolute atomic E-state index is 12.1. The number of carbonyl (C=O) groups excluding carboxylic acids is 3. The average molecular weight is 340 g/mol. The van der Waals surface area contributed by atoms with Crippen molar-refractivity contribution in [3.63, 3.8) is 0 Å². The molecule has 2 rings (SSSR count). The van der Waals surface area contributed by atoms with Crippen LogP contribution in [-0.2, 0) is 16.0 Å². The lowest BCUT2D eigenvalue weighted by molar-refractivity contribution is -0.123. The van der Waals surface area contributed by atoms with E-state index in [1.807, 2.05) is 19.1 Å². The molecule has 0 aliphatic carbocycles. The molecule has 0 aromatic heterocycles. The Kier molecular flexibility index (Phi) is 5.89. The number of benzene rings is 2. The van der Waals surface area contributed by atoms with E-state index in [4.69, 9.17) is 10.5 Å². The first-order valence-corrected chi connectivity index (χ1v) is 7.91. The lowest BCUT2D eigenvalue weighted by Crippen LogP contribution is -2.30. The van der Waals surface area contributed by atoms with Crippen molar-refractivity contribution in [1.82, 2.24) is 0 Å². The molecule has 2 aromatic carbocycles. The van der Waals surface area contributed by atoms with Gasteiger partial charge in [-0.3, -0.25) is 9.59 Å².